The van der Waals surface area contributed by atoms with Crippen LogP contribution >= 0.6 is 11.3 Å². The Morgan fingerprint density at radius 3 is 2.71 bits per heavy atom. The fourth-order valence-electron chi connectivity index (χ4n) is 4.82. The Morgan fingerprint density at radius 2 is 1.94 bits per heavy atom. The molecule has 0 N–H and O–H groups in total. The molecule has 0 radical (unpaired) electrons. The van der Waals surface area contributed by atoms with Gasteiger partial charge in [0.1, 0.15) is 21.8 Å². The molecule has 0 saturated carbocycles. The molecule has 1 aliphatic carbocycles. The number of likely N-dealkylation sites (tertiary alicyclic amines) is 1. The first-order valence-electron chi connectivity index (χ1n) is 11.0. The first-order valence-corrected chi connectivity index (χ1v) is 11.9. The van der Waals surface area contributed by atoms with E-state index in [1.54, 1.807) is 11.3 Å². The van der Waals surface area contributed by atoms with Crippen molar-refractivity contribution in [2.45, 2.75) is 51.7 Å². The van der Waals surface area contributed by atoms with Crippen molar-refractivity contribution >= 4 is 11.3 Å². The average Bonchev–Trinajstić information content (AvgIpc) is 3.53. The van der Waals surface area contributed by atoms with Crippen LogP contribution in [-0.2, 0) is 6.42 Å². The molecule has 1 fully saturated rings. The average molecular weight is 431 g/mol. The van der Waals surface area contributed by atoms with E-state index in [0.29, 0.717) is 17.4 Å². The Kier molecular flexibility index (Phi) is 5.47. The van der Waals surface area contributed by atoms with E-state index >= 15 is 0 Å². The first-order chi connectivity index (χ1) is 15.1. The van der Waals surface area contributed by atoms with Crippen molar-refractivity contribution in [3.8, 4) is 33.0 Å². The Hall–Kier alpha value is -2.75. The predicted molar refractivity (Wildman–Crippen MR) is 123 cm³/mol. The number of rotatable bonds is 5. The van der Waals surface area contributed by atoms with Crippen LogP contribution in [0.2, 0.25) is 0 Å². The predicted octanol–water partition coefficient (Wildman–Crippen LogP) is 5.61. The van der Waals surface area contributed by atoms with Crippen LogP contribution in [0, 0.1) is 11.3 Å². The summed E-state index contributed by atoms with van der Waals surface area (Å²) in [6, 6.07) is 15.1. The lowest BCUT2D eigenvalue weighted by Gasteiger charge is -2.24. The Bertz CT molecular complexity index is 1140. The van der Waals surface area contributed by atoms with Gasteiger partial charge < -0.3 is 4.74 Å². The molecular weight excluding hydrogens is 404 g/mol. The number of nitrogens with zero attached hydrogens (tertiary/aromatic N) is 4. The third kappa shape index (κ3) is 3.84. The normalized spacial score (nSPS) is 18.3. The second-order valence-electron chi connectivity index (χ2n) is 8.57. The maximum Gasteiger partial charge on any atom is 0.148 e. The van der Waals surface area contributed by atoms with Crippen LogP contribution in [0.4, 0.5) is 0 Å². The van der Waals surface area contributed by atoms with Gasteiger partial charge in [-0.3, -0.25) is 4.90 Å². The van der Waals surface area contributed by atoms with Crippen molar-refractivity contribution in [3.05, 3.63) is 53.1 Å². The van der Waals surface area contributed by atoms with Crippen LogP contribution in [0.25, 0.3) is 21.1 Å². The molecule has 1 aliphatic heterocycles. The molecule has 158 valence electrons. The molecule has 31 heavy (non-hydrogen) atoms. The minimum absolute atomic E-state index is 0.0237. The first kappa shape index (κ1) is 20.2. The van der Waals surface area contributed by atoms with E-state index in [1.165, 1.54) is 49.0 Å². The molecule has 1 saturated heterocycles. The van der Waals surface area contributed by atoms with Crippen molar-refractivity contribution in [2.24, 2.45) is 0 Å². The quantitative estimate of drug-likeness (QED) is 0.526. The molecule has 0 amide bonds. The lowest BCUT2D eigenvalue weighted by Crippen LogP contribution is -2.23. The third-order valence-electron chi connectivity index (χ3n) is 6.19. The van der Waals surface area contributed by atoms with Crippen molar-refractivity contribution in [1.82, 2.24) is 15.1 Å². The van der Waals surface area contributed by atoms with E-state index in [2.05, 4.69) is 39.4 Å². The lowest BCUT2D eigenvalue weighted by atomic mass is 10.0. The highest BCUT2D eigenvalue weighted by Gasteiger charge is 2.31. The van der Waals surface area contributed by atoms with Gasteiger partial charge in [-0.2, -0.15) is 5.26 Å². The molecule has 1 atom stereocenters. The highest BCUT2D eigenvalue weighted by Crippen LogP contribution is 2.43. The van der Waals surface area contributed by atoms with Crippen molar-refractivity contribution in [1.29, 1.82) is 5.26 Å². The summed E-state index contributed by atoms with van der Waals surface area (Å²) in [4.78, 5) is 2.64. The van der Waals surface area contributed by atoms with Crippen LogP contribution < -0.4 is 4.74 Å². The van der Waals surface area contributed by atoms with Gasteiger partial charge in [0.05, 0.1) is 11.7 Å². The number of nitriles is 1. The van der Waals surface area contributed by atoms with E-state index < -0.39 is 0 Å². The fourth-order valence-corrected chi connectivity index (χ4v) is 5.71. The van der Waals surface area contributed by atoms with Gasteiger partial charge in [-0.25, -0.2) is 0 Å². The minimum Gasteiger partial charge on any atom is -0.490 e. The summed E-state index contributed by atoms with van der Waals surface area (Å²) >= 11 is 1.59. The topological polar surface area (TPSA) is 62.0 Å². The SMILES string of the molecule is CC(C)Oc1ccc(-c2nnc(-c3cccc4c3CCC4N3CCCC3)s2)cc1C#N. The number of hydrogen-bond donors (Lipinski definition) is 0. The zero-order valence-corrected chi connectivity index (χ0v) is 18.8. The lowest BCUT2D eigenvalue weighted by molar-refractivity contribution is 0.242. The monoisotopic (exact) mass is 430 g/mol. The highest BCUT2D eigenvalue weighted by atomic mass is 32.1. The Labute approximate surface area is 187 Å². The molecule has 2 heterocycles. The van der Waals surface area contributed by atoms with Gasteiger partial charge in [0, 0.05) is 17.2 Å². The molecule has 6 heteroatoms. The summed E-state index contributed by atoms with van der Waals surface area (Å²) in [6.07, 6.45) is 4.95. The van der Waals surface area contributed by atoms with E-state index in [4.69, 9.17) is 4.74 Å². The molecule has 1 aromatic heterocycles. The van der Waals surface area contributed by atoms with E-state index in [1.807, 2.05) is 32.0 Å². The highest BCUT2D eigenvalue weighted by molar-refractivity contribution is 7.17. The summed E-state index contributed by atoms with van der Waals surface area (Å²) in [5.74, 6) is 0.611. The second kappa shape index (κ2) is 8.41. The standard InChI is InChI=1S/C25H26N4OS/c1-16(2)30-23-11-8-17(14-18(23)15-26)24-27-28-25(31-24)21-7-5-6-20-19(21)9-10-22(20)29-12-3-4-13-29/h5-8,11,14,16,22H,3-4,9-10,12-13H2,1-2H3. The molecule has 2 aromatic carbocycles. The van der Waals surface area contributed by atoms with Crippen LogP contribution in [0.5, 0.6) is 5.75 Å². The zero-order valence-electron chi connectivity index (χ0n) is 18.0. The summed E-state index contributed by atoms with van der Waals surface area (Å²) in [5, 5.41) is 20.3. The van der Waals surface area contributed by atoms with Gasteiger partial charge in [-0.1, -0.05) is 29.5 Å². The van der Waals surface area contributed by atoms with Crippen LogP contribution in [0.15, 0.2) is 36.4 Å². The van der Waals surface area contributed by atoms with Gasteiger partial charge in [0.15, 0.2) is 0 Å². The fraction of sp³-hybridized carbons (Fsp3) is 0.400. The van der Waals surface area contributed by atoms with Crippen molar-refractivity contribution in [3.63, 3.8) is 0 Å². The minimum atomic E-state index is 0.0237. The molecule has 2 aliphatic rings. The van der Waals surface area contributed by atoms with Crippen molar-refractivity contribution in [2.75, 3.05) is 13.1 Å². The van der Waals surface area contributed by atoms with Crippen LogP contribution in [0.3, 0.4) is 0 Å². The van der Waals surface area contributed by atoms with E-state index in [-0.39, 0.29) is 6.10 Å². The zero-order chi connectivity index (χ0) is 21.4. The smallest absolute Gasteiger partial charge is 0.148 e. The van der Waals surface area contributed by atoms with E-state index in [9.17, 15) is 5.26 Å². The molecule has 3 aromatic rings. The number of hydrogen-bond acceptors (Lipinski definition) is 6. The number of ether oxygens (including phenoxy) is 1. The summed E-state index contributed by atoms with van der Waals surface area (Å²) in [5.41, 5.74) is 5.54. The van der Waals surface area contributed by atoms with Crippen LogP contribution in [0.1, 0.15) is 55.8 Å². The van der Waals surface area contributed by atoms with Gasteiger partial charge in [-0.05, 0) is 81.9 Å². The largest absolute Gasteiger partial charge is 0.490 e. The maximum absolute atomic E-state index is 9.54. The summed E-state index contributed by atoms with van der Waals surface area (Å²) in [6.45, 7) is 6.35. The number of fused-ring (bicyclic) bond motifs is 1. The third-order valence-corrected chi connectivity index (χ3v) is 7.19. The van der Waals surface area contributed by atoms with Crippen LogP contribution in [-0.4, -0.2) is 34.3 Å². The Balaban J connectivity index is 1.45. The maximum atomic E-state index is 9.54. The van der Waals surface area contributed by atoms with Gasteiger partial charge in [-0.15, -0.1) is 10.2 Å². The summed E-state index contributed by atoms with van der Waals surface area (Å²) in [7, 11) is 0. The Morgan fingerprint density at radius 1 is 1.13 bits per heavy atom. The second-order valence-corrected chi connectivity index (χ2v) is 9.55. The van der Waals surface area contributed by atoms with E-state index in [0.717, 1.165) is 22.0 Å². The molecule has 1 unspecified atom stereocenters. The van der Waals surface area contributed by atoms with Gasteiger partial charge in [0.2, 0.25) is 0 Å². The number of aromatic nitrogens is 2. The number of benzene rings is 2. The molecule has 5 nitrogen and oxygen atoms in total. The molecule has 5 rings (SSSR count). The molecular formula is C25H26N4OS. The van der Waals surface area contributed by atoms with Gasteiger partial charge in [0.25, 0.3) is 0 Å². The molecule has 0 spiro atoms. The summed E-state index contributed by atoms with van der Waals surface area (Å²) < 4.78 is 5.75. The van der Waals surface area contributed by atoms with Gasteiger partial charge >= 0.3 is 0 Å². The molecule has 0 bridgehead atoms. The van der Waals surface area contributed by atoms with Crippen molar-refractivity contribution < 1.29 is 4.74 Å².